The summed E-state index contributed by atoms with van der Waals surface area (Å²) in [5.74, 6) is 0. The number of hydrogen-bond donors (Lipinski definition) is 0. The fourth-order valence-electron chi connectivity index (χ4n) is 2.23. The van der Waals surface area contributed by atoms with Crippen molar-refractivity contribution in [2.75, 3.05) is 4.43 Å². The van der Waals surface area contributed by atoms with Crippen LogP contribution in [0.25, 0.3) is 10.0 Å². The molecular formula is C16H22Br2IN2S2-. The number of thiazole rings is 2. The van der Waals surface area contributed by atoms with Crippen LogP contribution >= 0.6 is 54.5 Å². The minimum atomic E-state index is 0.0358. The number of halogens is 3. The molecule has 2 heterocycles. The van der Waals surface area contributed by atoms with Crippen molar-refractivity contribution >= 4 is 54.5 Å². The molecule has 0 aromatic carbocycles. The number of rotatable bonds is 10. The van der Waals surface area contributed by atoms with Crippen LogP contribution in [0.3, 0.4) is 0 Å². The molecule has 0 fully saturated rings. The van der Waals surface area contributed by atoms with Crippen molar-refractivity contribution in [2.45, 2.75) is 58.8 Å². The molecule has 0 aliphatic heterocycles. The summed E-state index contributed by atoms with van der Waals surface area (Å²) in [7, 11) is 0. The van der Waals surface area contributed by atoms with Crippen molar-refractivity contribution in [3.8, 4) is 10.0 Å². The van der Waals surface area contributed by atoms with Crippen molar-refractivity contribution in [3.05, 3.63) is 17.0 Å². The topological polar surface area (TPSA) is 25.8 Å². The molecule has 0 saturated carbocycles. The molecule has 0 aliphatic rings. The van der Waals surface area contributed by atoms with E-state index in [0.717, 1.165) is 16.4 Å². The predicted molar refractivity (Wildman–Crippen MR) is 105 cm³/mol. The van der Waals surface area contributed by atoms with Gasteiger partial charge in [0.05, 0.1) is 0 Å². The van der Waals surface area contributed by atoms with Crippen molar-refractivity contribution in [3.63, 3.8) is 0 Å². The average molecular weight is 593 g/mol. The first kappa shape index (κ1) is 20.3. The normalized spacial score (nSPS) is 11.5. The first-order valence-electron chi connectivity index (χ1n) is 8.06. The molecule has 2 aromatic rings. The van der Waals surface area contributed by atoms with Crippen LogP contribution in [0.4, 0.5) is 0 Å². The van der Waals surface area contributed by atoms with E-state index >= 15 is 0 Å². The van der Waals surface area contributed by atoms with Crippen molar-refractivity contribution in [1.82, 2.24) is 9.97 Å². The quantitative estimate of drug-likeness (QED) is 0.237. The monoisotopic (exact) mass is 591 g/mol. The summed E-state index contributed by atoms with van der Waals surface area (Å²) in [5, 5.41) is 2.13. The van der Waals surface area contributed by atoms with Crippen LogP contribution in [0, 0.1) is 3.70 Å². The Hall–Kier alpha value is 0.950. The van der Waals surface area contributed by atoms with Crippen LogP contribution in [-0.2, 0) is 6.42 Å². The second kappa shape index (κ2) is 10.8. The second-order valence-corrected chi connectivity index (χ2v) is 13.2. The van der Waals surface area contributed by atoms with Gasteiger partial charge in [0.15, 0.2) is 0 Å². The maximum atomic E-state index is 4.84. The molecule has 0 N–H and O–H groups in total. The van der Waals surface area contributed by atoms with Crippen molar-refractivity contribution < 1.29 is 21.2 Å². The Morgan fingerprint density at radius 1 is 0.870 bits per heavy atom. The molecule has 0 saturated heterocycles. The molecule has 0 atom stereocenters. The van der Waals surface area contributed by atoms with E-state index in [-0.39, 0.29) is 21.2 Å². The number of alkyl halides is 1. The van der Waals surface area contributed by atoms with Gasteiger partial charge in [-0.05, 0) is 0 Å². The summed E-state index contributed by atoms with van der Waals surface area (Å²) in [6.07, 6.45) is 9.03. The summed E-state index contributed by atoms with van der Waals surface area (Å²) < 4.78 is 4.88. The van der Waals surface area contributed by atoms with E-state index in [2.05, 4.69) is 45.7 Å². The van der Waals surface area contributed by atoms with Crippen molar-refractivity contribution in [2.24, 2.45) is 0 Å². The molecule has 2 nitrogen and oxygen atoms in total. The van der Waals surface area contributed by atoms with E-state index in [1.807, 2.05) is 0 Å². The number of hydrogen-bond acceptors (Lipinski definition) is 4. The van der Waals surface area contributed by atoms with E-state index in [0.29, 0.717) is 0 Å². The van der Waals surface area contributed by atoms with E-state index in [1.165, 1.54) is 59.9 Å². The molecule has 2 rings (SSSR count). The Labute approximate surface area is 174 Å². The van der Waals surface area contributed by atoms with Gasteiger partial charge in [-0.15, -0.1) is 0 Å². The van der Waals surface area contributed by atoms with E-state index in [9.17, 15) is 0 Å². The number of unbranched alkanes of at least 4 members (excludes halogenated alkanes) is 5. The van der Waals surface area contributed by atoms with Gasteiger partial charge in [0.2, 0.25) is 0 Å². The zero-order chi connectivity index (χ0) is 16.7. The molecule has 2 aromatic heterocycles. The molecule has 0 spiro atoms. The summed E-state index contributed by atoms with van der Waals surface area (Å²) in [6, 6.07) is 0. The van der Waals surface area contributed by atoms with Gasteiger partial charge < -0.3 is 0 Å². The Morgan fingerprint density at radius 2 is 1.52 bits per heavy atom. The zero-order valence-corrected chi connectivity index (χ0v) is 20.5. The van der Waals surface area contributed by atoms with Crippen molar-refractivity contribution in [1.29, 1.82) is 0 Å². The molecular weight excluding hydrogens is 571 g/mol. The van der Waals surface area contributed by atoms with Gasteiger partial charge in [-0.2, -0.15) is 0 Å². The number of nitrogens with zero attached hydrogens (tertiary/aromatic N) is 2. The molecule has 130 valence electrons. The molecule has 23 heavy (non-hydrogen) atoms. The summed E-state index contributed by atoms with van der Waals surface area (Å²) in [4.78, 5) is 9.64. The van der Waals surface area contributed by atoms with Crippen LogP contribution < -0.4 is 21.2 Å². The van der Waals surface area contributed by atoms with Crippen LogP contribution in [0.1, 0.15) is 58.1 Å². The number of aryl methyl sites for hydroxylation is 1. The molecule has 0 bridgehead atoms. The Kier molecular flexibility index (Phi) is 9.54. The van der Waals surface area contributed by atoms with Gasteiger partial charge in [0.25, 0.3) is 0 Å². The Bertz CT molecular complexity index is 613. The summed E-state index contributed by atoms with van der Waals surface area (Å²) in [6.45, 7) is 4.50. The van der Waals surface area contributed by atoms with Crippen LogP contribution in [0.2, 0.25) is 0 Å². The van der Waals surface area contributed by atoms with E-state index in [4.69, 9.17) is 9.97 Å². The Balaban J connectivity index is 1.93. The third-order valence-electron chi connectivity index (χ3n) is 3.41. The van der Waals surface area contributed by atoms with Crippen LogP contribution in [0.5, 0.6) is 0 Å². The molecule has 0 radical (unpaired) electrons. The van der Waals surface area contributed by atoms with Crippen LogP contribution in [-0.4, -0.2) is 14.4 Å². The first-order valence-corrected chi connectivity index (χ1v) is 13.9. The number of aromatic nitrogens is 2. The SMILES string of the molecule is CCCCCCCCc1nc(-c2nc([I-]CC)c(Br)s2)sc1Br. The fraction of sp³-hybridized carbons (Fsp3) is 0.625. The molecule has 7 heteroatoms. The Morgan fingerprint density at radius 3 is 2.26 bits per heavy atom. The average Bonchev–Trinajstić information content (AvgIpc) is 3.07. The van der Waals surface area contributed by atoms with Gasteiger partial charge in [-0.1, -0.05) is 13.3 Å². The molecule has 0 aliphatic carbocycles. The van der Waals surface area contributed by atoms with E-state index < -0.39 is 0 Å². The third kappa shape index (κ3) is 6.31. The maximum absolute atomic E-state index is 4.84. The standard InChI is InChI=1S/C16H22Br2IN2S2/c1-3-5-6-7-8-9-10-11-12(17)22-15(20-11)16-21-14(19-4-2)13(18)23-16/h3-10H2,1-2H3/q-1. The molecule has 0 amide bonds. The van der Waals surface area contributed by atoms with Gasteiger partial charge in [0, 0.05) is 0 Å². The summed E-state index contributed by atoms with van der Waals surface area (Å²) >= 11 is 10.8. The second-order valence-electron chi connectivity index (χ2n) is 5.24. The van der Waals surface area contributed by atoms with Crippen LogP contribution in [0.15, 0.2) is 7.57 Å². The summed E-state index contributed by atoms with van der Waals surface area (Å²) in [5.41, 5.74) is 1.21. The van der Waals surface area contributed by atoms with Gasteiger partial charge in [-0.25, -0.2) is 0 Å². The van der Waals surface area contributed by atoms with E-state index in [1.54, 1.807) is 22.7 Å². The molecule has 0 unspecified atom stereocenters. The first-order chi connectivity index (χ1) is 11.2. The van der Waals surface area contributed by atoms with Gasteiger partial charge in [0.1, 0.15) is 0 Å². The minimum absolute atomic E-state index is 0.0358. The van der Waals surface area contributed by atoms with Gasteiger partial charge in [-0.3, -0.25) is 0 Å². The predicted octanol–water partition coefficient (Wildman–Crippen LogP) is 3.97. The zero-order valence-electron chi connectivity index (χ0n) is 13.5. The third-order valence-corrected chi connectivity index (χ3v) is 10.5. The van der Waals surface area contributed by atoms with Gasteiger partial charge >= 0.3 is 163 Å². The fourth-order valence-corrected chi connectivity index (χ4v) is 8.08.